The molecule has 1 aromatic heterocycles. The van der Waals surface area contributed by atoms with E-state index in [0.717, 1.165) is 22.6 Å². The second-order valence-electron chi connectivity index (χ2n) is 4.62. The summed E-state index contributed by atoms with van der Waals surface area (Å²) in [5, 5.41) is 5.68. The molecule has 1 heterocycles. The van der Waals surface area contributed by atoms with Crippen LogP contribution in [0.5, 0.6) is 0 Å². The van der Waals surface area contributed by atoms with Crippen molar-refractivity contribution in [2.75, 3.05) is 0 Å². The number of benzene rings is 1. The molecule has 4 heteroatoms. The Kier molecular flexibility index (Phi) is 3.68. The highest BCUT2D eigenvalue weighted by molar-refractivity contribution is 8.01. The Labute approximate surface area is 116 Å². The molecule has 94 valence electrons. The number of aryl methyl sites for hydroxylation is 1. The number of nitrogens with zero attached hydrogens (tertiary/aromatic N) is 1. The Hall–Kier alpha value is -0.840. The highest BCUT2D eigenvalue weighted by Gasteiger charge is 2.20. The highest BCUT2D eigenvalue weighted by Crippen LogP contribution is 2.32. The Morgan fingerprint density at radius 3 is 2.94 bits per heavy atom. The monoisotopic (exact) mass is 276 g/mol. The van der Waals surface area contributed by atoms with Crippen molar-refractivity contribution in [3.05, 3.63) is 40.9 Å². The molecular formula is C14H16N2S2. The van der Waals surface area contributed by atoms with Gasteiger partial charge in [0, 0.05) is 28.6 Å². The Balaban J connectivity index is 1.73. The van der Waals surface area contributed by atoms with Crippen molar-refractivity contribution in [1.82, 2.24) is 10.3 Å². The fourth-order valence-corrected chi connectivity index (χ4v) is 3.69. The highest BCUT2D eigenvalue weighted by atomic mass is 32.2. The van der Waals surface area contributed by atoms with Crippen LogP contribution in [0.2, 0.25) is 0 Å². The van der Waals surface area contributed by atoms with Crippen LogP contribution in [0.3, 0.4) is 0 Å². The molecule has 2 nitrogen and oxygen atoms in total. The maximum Gasteiger partial charge on any atom is 0.154 e. The fourth-order valence-electron chi connectivity index (χ4n) is 1.76. The standard InChI is InChI=1S/C14H16N2S2/c1-10-9-17-14(16-10)18-13-5-3-2-4-11(13)8-15-12-6-7-12/h2-5,9,12,15H,6-8H2,1H3. The number of hydrogen-bond acceptors (Lipinski definition) is 4. The van der Waals surface area contributed by atoms with Crippen LogP contribution in [-0.4, -0.2) is 11.0 Å². The van der Waals surface area contributed by atoms with Gasteiger partial charge in [0.1, 0.15) is 0 Å². The number of aromatic nitrogens is 1. The topological polar surface area (TPSA) is 24.9 Å². The zero-order valence-corrected chi connectivity index (χ0v) is 12.0. The minimum Gasteiger partial charge on any atom is -0.310 e. The fraction of sp³-hybridized carbons (Fsp3) is 0.357. The third kappa shape index (κ3) is 3.13. The molecule has 0 atom stereocenters. The summed E-state index contributed by atoms with van der Waals surface area (Å²) in [6.45, 7) is 3.01. The van der Waals surface area contributed by atoms with Gasteiger partial charge in [-0.05, 0) is 31.4 Å². The SMILES string of the molecule is Cc1csc(Sc2ccccc2CNC2CC2)n1. The summed E-state index contributed by atoms with van der Waals surface area (Å²) in [4.78, 5) is 5.84. The molecule has 1 saturated carbocycles. The van der Waals surface area contributed by atoms with E-state index in [4.69, 9.17) is 0 Å². The second kappa shape index (κ2) is 5.43. The van der Waals surface area contributed by atoms with Gasteiger partial charge in [0.05, 0.1) is 0 Å². The number of hydrogen-bond donors (Lipinski definition) is 1. The minimum atomic E-state index is 0.755. The molecule has 1 fully saturated rings. The average Bonchev–Trinajstić information content (AvgIpc) is 3.12. The molecule has 0 spiro atoms. The van der Waals surface area contributed by atoms with Gasteiger partial charge in [-0.1, -0.05) is 30.0 Å². The normalized spacial score (nSPS) is 14.9. The molecule has 1 aliphatic carbocycles. The van der Waals surface area contributed by atoms with Crippen molar-refractivity contribution >= 4 is 23.1 Å². The minimum absolute atomic E-state index is 0.755. The lowest BCUT2D eigenvalue weighted by atomic mass is 10.2. The number of rotatable bonds is 5. The summed E-state index contributed by atoms with van der Waals surface area (Å²) in [7, 11) is 0. The molecule has 1 aromatic carbocycles. The van der Waals surface area contributed by atoms with Gasteiger partial charge in [-0.15, -0.1) is 11.3 Å². The molecule has 0 amide bonds. The summed E-state index contributed by atoms with van der Waals surface area (Å²) >= 11 is 3.50. The molecule has 3 rings (SSSR count). The molecular weight excluding hydrogens is 260 g/mol. The number of thiazole rings is 1. The first-order valence-corrected chi connectivity index (χ1v) is 7.92. The zero-order valence-electron chi connectivity index (χ0n) is 10.3. The first-order valence-electron chi connectivity index (χ1n) is 6.22. The van der Waals surface area contributed by atoms with Crippen molar-refractivity contribution in [2.45, 2.75) is 41.6 Å². The number of nitrogens with one attached hydrogen (secondary N) is 1. The van der Waals surface area contributed by atoms with E-state index < -0.39 is 0 Å². The van der Waals surface area contributed by atoms with Crippen LogP contribution in [0, 0.1) is 6.92 Å². The van der Waals surface area contributed by atoms with E-state index in [1.807, 2.05) is 6.92 Å². The molecule has 2 aromatic rings. The largest absolute Gasteiger partial charge is 0.310 e. The zero-order chi connectivity index (χ0) is 12.4. The summed E-state index contributed by atoms with van der Waals surface area (Å²) in [6.07, 6.45) is 2.67. The third-order valence-corrected chi connectivity index (χ3v) is 5.10. The lowest BCUT2D eigenvalue weighted by molar-refractivity contribution is 0.680. The smallest absolute Gasteiger partial charge is 0.154 e. The van der Waals surface area contributed by atoms with E-state index in [9.17, 15) is 0 Å². The quantitative estimate of drug-likeness (QED) is 0.897. The molecule has 1 aliphatic rings. The van der Waals surface area contributed by atoms with Crippen molar-refractivity contribution in [3.63, 3.8) is 0 Å². The van der Waals surface area contributed by atoms with Crippen molar-refractivity contribution < 1.29 is 0 Å². The predicted octanol–water partition coefficient (Wildman–Crippen LogP) is 3.85. The van der Waals surface area contributed by atoms with Gasteiger partial charge in [-0.2, -0.15) is 0 Å². The predicted molar refractivity (Wildman–Crippen MR) is 77.3 cm³/mol. The van der Waals surface area contributed by atoms with Gasteiger partial charge in [0.2, 0.25) is 0 Å². The summed E-state index contributed by atoms with van der Waals surface area (Å²) in [5.41, 5.74) is 2.48. The van der Waals surface area contributed by atoms with Crippen LogP contribution >= 0.6 is 23.1 Å². The molecule has 18 heavy (non-hydrogen) atoms. The van der Waals surface area contributed by atoms with E-state index in [1.54, 1.807) is 23.1 Å². The molecule has 0 aliphatic heterocycles. The molecule has 0 bridgehead atoms. The van der Waals surface area contributed by atoms with Crippen LogP contribution in [0.1, 0.15) is 24.1 Å². The van der Waals surface area contributed by atoms with Crippen LogP contribution < -0.4 is 5.32 Å². The molecule has 0 saturated heterocycles. The van der Waals surface area contributed by atoms with Gasteiger partial charge in [0.25, 0.3) is 0 Å². The van der Waals surface area contributed by atoms with Gasteiger partial charge in [-0.25, -0.2) is 4.98 Å². The van der Waals surface area contributed by atoms with Crippen LogP contribution in [-0.2, 0) is 6.54 Å². The first-order chi connectivity index (χ1) is 8.81. The maximum absolute atomic E-state index is 4.52. The van der Waals surface area contributed by atoms with E-state index in [1.165, 1.54) is 23.3 Å². The van der Waals surface area contributed by atoms with Crippen molar-refractivity contribution in [2.24, 2.45) is 0 Å². The van der Waals surface area contributed by atoms with Crippen LogP contribution in [0.4, 0.5) is 0 Å². The van der Waals surface area contributed by atoms with Crippen LogP contribution in [0.25, 0.3) is 0 Å². The molecule has 1 N–H and O–H groups in total. The summed E-state index contributed by atoms with van der Waals surface area (Å²) in [6, 6.07) is 9.36. The second-order valence-corrected chi connectivity index (χ2v) is 6.77. The average molecular weight is 276 g/mol. The summed E-state index contributed by atoms with van der Waals surface area (Å²) < 4.78 is 1.13. The molecule has 0 unspecified atom stereocenters. The van der Waals surface area contributed by atoms with Gasteiger partial charge in [-0.3, -0.25) is 0 Å². The van der Waals surface area contributed by atoms with E-state index in [2.05, 4.69) is 39.9 Å². The maximum atomic E-state index is 4.52. The van der Waals surface area contributed by atoms with Gasteiger partial charge in [0.15, 0.2) is 4.34 Å². The Morgan fingerprint density at radius 2 is 2.22 bits per heavy atom. The Morgan fingerprint density at radius 1 is 1.39 bits per heavy atom. The lowest BCUT2D eigenvalue weighted by Gasteiger charge is -2.08. The van der Waals surface area contributed by atoms with Gasteiger partial charge >= 0.3 is 0 Å². The van der Waals surface area contributed by atoms with E-state index >= 15 is 0 Å². The first kappa shape index (κ1) is 12.2. The van der Waals surface area contributed by atoms with E-state index in [-0.39, 0.29) is 0 Å². The van der Waals surface area contributed by atoms with Gasteiger partial charge < -0.3 is 5.32 Å². The summed E-state index contributed by atoms with van der Waals surface area (Å²) in [5.74, 6) is 0. The van der Waals surface area contributed by atoms with Crippen LogP contribution in [0.15, 0.2) is 38.9 Å². The van der Waals surface area contributed by atoms with Crippen molar-refractivity contribution in [3.8, 4) is 0 Å². The van der Waals surface area contributed by atoms with E-state index in [0.29, 0.717) is 0 Å². The Bertz CT molecular complexity index is 532. The molecule has 0 radical (unpaired) electrons. The third-order valence-electron chi connectivity index (χ3n) is 2.93. The lowest BCUT2D eigenvalue weighted by Crippen LogP contribution is -2.15. The van der Waals surface area contributed by atoms with Crippen molar-refractivity contribution in [1.29, 1.82) is 0 Å².